The quantitative estimate of drug-likeness (QED) is 0.831. The Bertz CT molecular complexity index is 611. The summed E-state index contributed by atoms with van der Waals surface area (Å²) in [6, 6.07) is 13.7. The monoisotopic (exact) mass is 382 g/mol. The summed E-state index contributed by atoms with van der Waals surface area (Å²) >= 11 is 2.13. The zero-order valence-electron chi connectivity index (χ0n) is 11.0. The first-order valence-corrected chi connectivity index (χ1v) is 7.55. The Morgan fingerprint density at radius 1 is 1.25 bits per heavy atom. The Kier molecular flexibility index (Phi) is 3.80. The molecule has 4 nitrogen and oxygen atoms in total. The molecule has 1 aromatic carbocycles. The minimum absolute atomic E-state index is 0.102. The van der Waals surface area contributed by atoms with Crippen LogP contribution in [0.25, 0.3) is 0 Å². The van der Waals surface area contributed by atoms with E-state index in [-0.39, 0.29) is 18.1 Å². The summed E-state index contributed by atoms with van der Waals surface area (Å²) in [4.78, 5) is 14.0. The molecule has 104 valence electrons. The van der Waals surface area contributed by atoms with Gasteiger partial charge in [-0.2, -0.15) is 0 Å². The molecular formula is C15H15IN2O2. The maximum absolute atomic E-state index is 12.3. The van der Waals surface area contributed by atoms with Gasteiger partial charge in [-0.3, -0.25) is 10.1 Å². The van der Waals surface area contributed by atoms with Crippen LogP contribution < -0.4 is 5.32 Å². The molecule has 5 heteroatoms. The van der Waals surface area contributed by atoms with Gasteiger partial charge in [0.25, 0.3) is 0 Å². The number of hydrogen-bond donors (Lipinski definition) is 1. The zero-order chi connectivity index (χ0) is 14.1. The van der Waals surface area contributed by atoms with Crippen LogP contribution in [-0.4, -0.2) is 23.9 Å². The van der Waals surface area contributed by atoms with Crippen LogP contribution in [-0.2, 0) is 11.2 Å². The second-order valence-corrected chi connectivity index (χ2v) is 5.97. The van der Waals surface area contributed by atoms with E-state index < -0.39 is 0 Å². The normalized spacial score (nSPS) is 22.5. The van der Waals surface area contributed by atoms with Gasteiger partial charge in [0, 0.05) is 7.05 Å². The Balaban J connectivity index is 1.77. The highest BCUT2D eigenvalue weighted by Gasteiger charge is 2.38. The highest BCUT2D eigenvalue weighted by atomic mass is 127. The first kappa shape index (κ1) is 13.6. The van der Waals surface area contributed by atoms with E-state index in [1.54, 1.807) is 11.9 Å². The molecule has 0 unspecified atom stereocenters. The Morgan fingerprint density at radius 2 is 2.00 bits per heavy atom. The molecule has 1 N–H and O–H groups in total. The maximum Gasteiger partial charge on any atom is 0.241 e. The van der Waals surface area contributed by atoms with Gasteiger partial charge in [-0.1, -0.05) is 30.3 Å². The Morgan fingerprint density at radius 3 is 2.65 bits per heavy atom. The molecule has 0 spiro atoms. The van der Waals surface area contributed by atoms with Gasteiger partial charge in [0.2, 0.25) is 5.91 Å². The number of likely N-dealkylation sites (N-methyl/N-ethyl adjacent to an activating group) is 1. The highest BCUT2D eigenvalue weighted by Crippen LogP contribution is 2.27. The number of rotatable bonds is 3. The Labute approximate surface area is 131 Å². The summed E-state index contributed by atoms with van der Waals surface area (Å²) in [5, 5.41) is 3.35. The van der Waals surface area contributed by atoms with Gasteiger partial charge in [0.05, 0.1) is 6.04 Å². The van der Waals surface area contributed by atoms with Crippen molar-refractivity contribution in [3.05, 3.63) is 57.6 Å². The molecule has 20 heavy (non-hydrogen) atoms. The number of carbonyl (C=O) groups is 1. The van der Waals surface area contributed by atoms with E-state index in [1.807, 2.05) is 42.5 Å². The number of nitrogens with zero attached hydrogens (tertiary/aromatic N) is 1. The van der Waals surface area contributed by atoms with Gasteiger partial charge in [0.15, 0.2) is 3.77 Å². The predicted molar refractivity (Wildman–Crippen MR) is 84.0 cm³/mol. The number of benzene rings is 1. The van der Waals surface area contributed by atoms with E-state index >= 15 is 0 Å². The van der Waals surface area contributed by atoms with E-state index in [1.165, 1.54) is 0 Å². The molecule has 1 aliphatic heterocycles. The summed E-state index contributed by atoms with van der Waals surface area (Å²) in [6.07, 6.45) is 0.512. The second kappa shape index (κ2) is 5.57. The fourth-order valence-electron chi connectivity index (χ4n) is 2.49. The van der Waals surface area contributed by atoms with Crippen LogP contribution in [0.3, 0.4) is 0 Å². The molecule has 2 aromatic rings. The smallest absolute Gasteiger partial charge is 0.241 e. The van der Waals surface area contributed by atoms with Gasteiger partial charge < -0.3 is 9.32 Å². The van der Waals surface area contributed by atoms with Crippen LogP contribution >= 0.6 is 22.6 Å². The van der Waals surface area contributed by atoms with E-state index in [0.29, 0.717) is 6.42 Å². The maximum atomic E-state index is 12.3. The molecule has 0 radical (unpaired) electrons. The SMILES string of the molecule is CN1C(=O)[C@@H](Cc2ccccc2)N[C@H]1c1ccc(I)o1. The summed E-state index contributed by atoms with van der Waals surface area (Å²) in [6.45, 7) is 0. The van der Waals surface area contributed by atoms with Crippen LogP contribution in [0.15, 0.2) is 46.9 Å². The average Bonchev–Trinajstić information content (AvgIpc) is 2.99. The van der Waals surface area contributed by atoms with Gasteiger partial charge >= 0.3 is 0 Å². The molecule has 1 fully saturated rings. The molecular weight excluding hydrogens is 367 g/mol. The van der Waals surface area contributed by atoms with Gasteiger partial charge in [-0.15, -0.1) is 0 Å². The van der Waals surface area contributed by atoms with E-state index in [2.05, 4.69) is 27.9 Å². The number of hydrogen-bond acceptors (Lipinski definition) is 3. The summed E-state index contributed by atoms with van der Waals surface area (Å²) < 4.78 is 6.44. The van der Waals surface area contributed by atoms with E-state index in [0.717, 1.165) is 15.1 Å². The first-order chi connectivity index (χ1) is 9.65. The molecule has 2 atom stereocenters. The van der Waals surface area contributed by atoms with Crippen LogP contribution in [0.1, 0.15) is 17.5 Å². The van der Waals surface area contributed by atoms with Crippen molar-refractivity contribution in [3.8, 4) is 0 Å². The minimum atomic E-state index is -0.199. The fraction of sp³-hybridized carbons (Fsp3) is 0.267. The van der Waals surface area contributed by atoms with Crippen LogP contribution in [0.4, 0.5) is 0 Å². The lowest BCUT2D eigenvalue weighted by atomic mass is 10.1. The van der Waals surface area contributed by atoms with Crippen molar-refractivity contribution < 1.29 is 9.21 Å². The highest BCUT2D eigenvalue weighted by molar-refractivity contribution is 14.1. The van der Waals surface area contributed by atoms with Crippen molar-refractivity contribution in [2.45, 2.75) is 18.6 Å². The fourth-order valence-corrected chi connectivity index (χ4v) is 2.93. The third-order valence-corrected chi connectivity index (χ3v) is 4.12. The number of amides is 1. The zero-order valence-corrected chi connectivity index (χ0v) is 13.2. The lowest BCUT2D eigenvalue weighted by Crippen LogP contribution is -2.31. The van der Waals surface area contributed by atoms with Crippen LogP contribution in [0.5, 0.6) is 0 Å². The lowest BCUT2D eigenvalue weighted by Gasteiger charge is -2.16. The van der Waals surface area contributed by atoms with Gasteiger partial charge in [-0.25, -0.2) is 0 Å². The molecule has 1 saturated heterocycles. The molecule has 1 amide bonds. The van der Waals surface area contributed by atoms with Crippen molar-refractivity contribution in [1.29, 1.82) is 0 Å². The minimum Gasteiger partial charge on any atom is -0.452 e. The predicted octanol–water partition coefficient (Wildman–Crippen LogP) is 2.56. The summed E-state index contributed by atoms with van der Waals surface area (Å²) in [5.74, 6) is 0.881. The molecule has 0 aliphatic carbocycles. The molecule has 3 rings (SSSR count). The van der Waals surface area contributed by atoms with Gasteiger partial charge in [0.1, 0.15) is 11.9 Å². The van der Waals surface area contributed by atoms with E-state index in [9.17, 15) is 4.79 Å². The van der Waals surface area contributed by atoms with Crippen LogP contribution in [0, 0.1) is 3.77 Å². The van der Waals surface area contributed by atoms with Crippen molar-refractivity contribution in [2.24, 2.45) is 0 Å². The van der Waals surface area contributed by atoms with Crippen molar-refractivity contribution in [3.63, 3.8) is 0 Å². The number of nitrogens with one attached hydrogen (secondary N) is 1. The second-order valence-electron chi connectivity index (χ2n) is 4.90. The standard InChI is InChI=1S/C15H15IN2O2/c1-18-14(12-7-8-13(16)20-12)17-11(15(18)19)9-10-5-3-2-4-6-10/h2-8,11,14,17H,9H2,1H3/t11-,14-/m1/s1. The van der Waals surface area contributed by atoms with Crippen molar-refractivity contribution >= 4 is 28.5 Å². The van der Waals surface area contributed by atoms with Crippen molar-refractivity contribution in [1.82, 2.24) is 10.2 Å². The largest absolute Gasteiger partial charge is 0.452 e. The van der Waals surface area contributed by atoms with Crippen molar-refractivity contribution in [2.75, 3.05) is 7.05 Å². The van der Waals surface area contributed by atoms with E-state index in [4.69, 9.17) is 4.42 Å². The topological polar surface area (TPSA) is 45.5 Å². The first-order valence-electron chi connectivity index (χ1n) is 6.47. The lowest BCUT2D eigenvalue weighted by molar-refractivity contribution is -0.129. The van der Waals surface area contributed by atoms with Gasteiger partial charge in [-0.05, 0) is 46.7 Å². The summed E-state index contributed by atoms with van der Waals surface area (Å²) in [7, 11) is 1.81. The number of furan rings is 1. The Hall–Kier alpha value is -1.34. The number of carbonyl (C=O) groups excluding carboxylic acids is 1. The van der Waals surface area contributed by atoms with Crippen LogP contribution in [0.2, 0.25) is 0 Å². The summed E-state index contributed by atoms with van der Waals surface area (Å²) in [5.41, 5.74) is 1.15. The third kappa shape index (κ3) is 2.60. The molecule has 0 bridgehead atoms. The average molecular weight is 382 g/mol. The molecule has 1 aromatic heterocycles. The molecule has 1 aliphatic rings. The number of halogens is 1. The third-order valence-electron chi connectivity index (χ3n) is 3.54. The molecule has 2 heterocycles. The molecule has 0 saturated carbocycles.